The molecule has 0 nitrogen and oxygen atoms in total. The molecule has 0 radical (unpaired) electrons. The number of hydrogen-bond acceptors (Lipinski definition) is 0. The van der Waals surface area contributed by atoms with Gasteiger partial charge in [0.2, 0.25) is 0 Å². The van der Waals surface area contributed by atoms with Crippen molar-refractivity contribution in [1.82, 2.24) is 0 Å². The molecule has 0 aliphatic heterocycles. The number of hydrogen-bond donors (Lipinski definition) is 0. The Labute approximate surface area is 245 Å². The topological polar surface area (TPSA) is 0 Å². The second kappa shape index (κ2) is 30.0. The highest BCUT2D eigenvalue weighted by atomic mass is 14.3. The van der Waals surface area contributed by atoms with Crippen molar-refractivity contribution in [3.8, 4) is 0 Å². The molecule has 0 atom stereocenters. The van der Waals surface area contributed by atoms with Crippen molar-refractivity contribution in [2.45, 2.75) is 235 Å². The molecule has 0 aromatic heterocycles. The molecule has 0 N–H and O–H groups in total. The lowest BCUT2D eigenvalue weighted by Gasteiger charge is -2.35. The van der Waals surface area contributed by atoms with E-state index in [1.165, 1.54) is 180 Å². The molecule has 0 fully saturated rings. The monoisotopic (exact) mass is 537 g/mol. The summed E-state index contributed by atoms with van der Waals surface area (Å²) < 4.78 is 0. The van der Waals surface area contributed by atoms with E-state index in [9.17, 15) is 0 Å². The van der Waals surface area contributed by atoms with E-state index in [1.807, 2.05) is 0 Å². The van der Waals surface area contributed by atoms with Crippen LogP contribution >= 0.6 is 0 Å². The van der Waals surface area contributed by atoms with E-state index in [2.05, 4.69) is 55.4 Å². The summed E-state index contributed by atoms with van der Waals surface area (Å²) in [5.74, 6) is 0. The van der Waals surface area contributed by atoms with E-state index >= 15 is 0 Å². The highest BCUT2D eigenvalue weighted by Gasteiger charge is 2.28. The Hall–Kier alpha value is 0. The maximum Gasteiger partial charge on any atom is -0.0297 e. The van der Waals surface area contributed by atoms with Gasteiger partial charge in [-0.3, -0.25) is 0 Å². The summed E-state index contributed by atoms with van der Waals surface area (Å²) in [6.07, 6.45) is 41.2. The van der Waals surface area contributed by atoms with Gasteiger partial charge in [0.05, 0.1) is 0 Å². The van der Waals surface area contributed by atoms with Gasteiger partial charge in [-0.05, 0) is 36.5 Å². The van der Waals surface area contributed by atoms with Gasteiger partial charge in [0.15, 0.2) is 0 Å². The van der Waals surface area contributed by atoms with Crippen LogP contribution in [0, 0.1) is 10.8 Å². The molecule has 38 heavy (non-hydrogen) atoms. The summed E-state index contributed by atoms with van der Waals surface area (Å²) in [7, 11) is 0. The van der Waals surface area contributed by atoms with E-state index < -0.39 is 0 Å². The Morgan fingerprint density at radius 3 is 0.632 bits per heavy atom. The normalized spacial score (nSPS) is 12.0. The first-order valence-corrected chi connectivity index (χ1v) is 18.2. The Bertz CT molecular complexity index is 377. The minimum atomic E-state index is 0.500. The standard InChI is InChI=1S/C33H68.C5H12/c1-5-9-13-17-18-19-20-21-22-23-24-28-32-33(29-25-14-10-6-2,30-26-15-11-7-3)31-27-16-12-8-4;1-5(2,3)4/h5-32H2,1-4H3;1-4H3. The molecular formula is C38H80. The number of unbranched alkanes of at least 4 members (excludes halogenated alkanes) is 20. The summed E-state index contributed by atoms with van der Waals surface area (Å²) >= 11 is 0. The lowest BCUT2D eigenvalue weighted by Crippen LogP contribution is -2.21. The maximum absolute atomic E-state index is 2.36. The maximum atomic E-state index is 2.36. The summed E-state index contributed by atoms with van der Waals surface area (Å²) in [6.45, 7) is 18.1. The average molecular weight is 537 g/mol. The Balaban J connectivity index is 0. The van der Waals surface area contributed by atoms with Gasteiger partial charge in [-0.15, -0.1) is 0 Å². The molecule has 0 saturated heterocycles. The van der Waals surface area contributed by atoms with Crippen molar-refractivity contribution >= 4 is 0 Å². The molecule has 0 aliphatic carbocycles. The average Bonchev–Trinajstić information content (AvgIpc) is 2.87. The summed E-state index contributed by atoms with van der Waals surface area (Å²) in [4.78, 5) is 0. The third-order valence-electron chi connectivity index (χ3n) is 8.24. The van der Waals surface area contributed by atoms with E-state index in [-0.39, 0.29) is 0 Å². The zero-order chi connectivity index (χ0) is 28.8. The first-order chi connectivity index (χ1) is 18.2. The second-order valence-electron chi connectivity index (χ2n) is 14.6. The van der Waals surface area contributed by atoms with Gasteiger partial charge in [0.1, 0.15) is 0 Å². The van der Waals surface area contributed by atoms with Crippen molar-refractivity contribution in [2.75, 3.05) is 0 Å². The molecule has 0 saturated carbocycles. The van der Waals surface area contributed by atoms with Crippen molar-refractivity contribution in [1.29, 1.82) is 0 Å². The van der Waals surface area contributed by atoms with E-state index in [4.69, 9.17) is 0 Å². The zero-order valence-electron chi connectivity index (χ0n) is 28.8. The Morgan fingerprint density at radius 1 is 0.263 bits per heavy atom. The minimum Gasteiger partial charge on any atom is -0.0654 e. The highest BCUT2D eigenvalue weighted by Crippen LogP contribution is 2.42. The quantitative estimate of drug-likeness (QED) is 0.0872. The molecule has 0 heterocycles. The molecule has 0 rings (SSSR count). The molecule has 0 aliphatic rings. The highest BCUT2D eigenvalue weighted by molar-refractivity contribution is 4.80. The van der Waals surface area contributed by atoms with Gasteiger partial charge in [-0.25, -0.2) is 0 Å². The van der Waals surface area contributed by atoms with Crippen LogP contribution in [0.1, 0.15) is 235 Å². The molecule has 0 spiro atoms. The first kappa shape index (κ1) is 40.1. The van der Waals surface area contributed by atoms with Gasteiger partial charge in [-0.2, -0.15) is 0 Å². The van der Waals surface area contributed by atoms with Gasteiger partial charge >= 0.3 is 0 Å². The lowest BCUT2D eigenvalue weighted by atomic mass is 9.70. The van der Waals surface area contributed by atoms with Crippen molar-refractivity contribution in [3.05, 3.63) is 0 Å². The zero-order valence-corrected chi connectivity index (χ0v) is 28.8. The van der Waals surface area contributed by atoms with Crippen LogP contribution in [0.3, 0.4) is 0 Å². The fourth-order valence-electron chi connectivity index (χ4n) is 5.87. The van der Waals surface area contributed by atoms with Gasteiger partial charge in [0, 0.05) is 0 Å². The molecule has 0 unspecified atom stereocenters. The van der Waals surface area contributed by atoms with Crippen LogP contribution < -0.4 is 0 Å². The van der Waals surface area contributed by atoms with Crippen molar-refractivity contribution in [3.63, 3.8) is 0 Å². The third kappa shape index (κ3) is 34.0. The lowest BCUT2D eigenvalue weighted by molar-refractivity contribution is 0.172. The van der Waals surface area contributed by atoms with Crippen molar-refractivity contribution in [2.24, 2.45) is 10.8 Å². The molecule has 0 aromatic rings. The third-order valence-corrected chi connectivity index (χ3v) is 8.24. The van der Waals surface area contributed by atoms with Gasteiger partial charge in [0.25, 0.3) is 0 Å². The van der Waals surface area contributed by atoms with Crippen LogP contribution in [0.5, 0.6) is 0 Å². The molecule has 0 heteroatoms. The summed E-state index contributed by atoms with van der Waals surface area (Å²) in [5, 5.41) is 0. The SMILES string of the molecule is CC(C)(C)C.CCCCCCCCCCCCCCC(CCCCCC)(CCCCCC)CCCCCC. The van der Waals surface area contributed by atoms with Crippen LogP contribution in [0.25, 0.3) is 0 Å². The van der Waals surface area contributed by atoms with Gasteiger partial charge < -0.3 is 0 Å². The van der Waals surface area contributed by atoms with Crippen LogP contribution in [0.2, 0.25) is 0 Å². The smallest absolute Gasteiger partial charge is 0.0297 e. The van der Waals surface area contributed by atoms with Crippen LogP contribution in [-0.2, 0) is 0 Å². The molecule has 232 valence electrons. The fourth-order valence-corrected chi connectivity index (χ4v) is 5.87. The first-order valence-electron chi connectivity index (χ1n) is 18.2. The second-order valence-corrected chi connectivity index (χ2v) is 14.6. The molecule has 0 aromatic carbocycles. The number of rotatable bonds is 28. The fraction of sp³-hybridized carbons (Fsp3) is 1.00. The van der Waals surface area contributed by atoms with E-state index in [0.717, 1.165) is 0 Å². The largest absolute Gasteiger partial charge is 0.0654 e. The van der Waals surface area contributed by atoms with E-state index in [0.29, 0.717) is 10.8 Å². The molecular weight excluding hydrogens is 456 g/mol. The van der Waals surface area contributed by atoms with Gasteiger partial charge in [-0.1, -0.05) is 209 Å². The van der Waals surface area contributed by atoms with Crippen LogP contribution in [0.15, 0.2) is 0 Å². The minimum absolute atomic E-state index is 0.500. The predicted molar refractivity (Wildman–Crippen MR) is 180 cm³/mol. The summed E-state index contributed by atoms with van der Waals surface area (Å²) in [5.41, 5.74) is 1.19. The molecule has 0 bridgehead atoms. The summed E-state index contributed by atoms with van der Waals surface area (Å²) in [6, 6.07) is 0. The van der Waals surface area contributed by atoms with Crippen LogP contribution in [0.4, 0.5) is 0 Å². The Kier molecular flexibility index (Phi) is 31.7. The van der Waals surface area contributed by atoms with Crippen molar-refractivity contribution < 1.29 is 0 Å². The molecule has 0 amide bonds. The van der Waals surface area contributed by atoms with Crippen LogP contribution in [-0.4, -0.2) is 0 Å². The predicted octanol–water partition coefficient (Wildman–Crippen LogP) is 15.0. The Morgan fingerprint density at radius 2 is 0.421 bits per heavy atom. The van der Waals surface area contributed by atoms with E-state index in [1.54, 1.807) is 0 Å².